The summed E-state index contributed by atoms with van der Waals surface area (Å²) < 4.78 is 36.8. The van der Waals surface area contributed by atoms with E-state index >= 15 is 0 Å². The van der Waals surface area contributed by atoms with E-state index in [4.69, 9.17) is 16.0 Å². The highest BCUT2D eigenvalue weighted by Crippen LogP contribution is 2.44. The number of anilines is 1. The van der Waals surface area contributed by atoms with Crippen molar-refractivity contribution < 1.29 is 19.8 Å². The fourth-order valence-corrected chi connectivity index (χ4v) is 2.71. The summed E-state index contributed by atoms with van der Waals surface area (Å²) in [6.45, 7) is 2.89. The molecule has 5 heteroatoms. The van der Waals surface area contributed by atoms with E-state index in [1.54, 1.807) is 6.92 Å². The van der Waals surface area contributed by atoms with Gasteiger partial charge in [0, 0.05) is 16.3 Å². The molecule has 92 valence electrons. The van der Waals surface area contributed by atoms with Gasteiger partial charge >= 0.3 is 5.97 Å². The molecule has 0 fully saturated rings. The third kappa shape index (κ3) is 1.95. The molecule has 0 aromatic carbocycles. The van der Waals surface area contributed by atoms with Crippen molar-refractivity contribution in [3.8, 4) is 0 Å². The van der Waals surface area contributed by atoms with Crippen LogP contribution in [0.1, 0.15) is 52.4 Å². The van der Waals surface area contributed by atoms with Crippen LogP contribution in [-0.2, 0) is 15.9 Å². The van der Waals surface area contributed by atoms with Crippen molar-refractivity contribution in [3.63, 3.8) is 0 Å². The fraction of sp³-hybridized carbons (Fsp3) is 0.500. The number of hydrogen-bond donors (Lipinski definition) is 1. The Morgan fingerprint density at radius 1 is 1.65 bits per heavy atom. The summed E-state index contributed by atoms with van der Waals surface area (Å²) in [5.74, 6) is -2.67. The van der Waals surface area contributed by atoms with Crippen LogP contribution in [0.3, 0.4) is 0 Å². The van der Waals surface area contributed by atoms with Crippen LogP contribution in [0, 0.1) is 0 Å². The van der Waals surface area contributed by atoms with Crippen molar-refractivity contribution in [2.24, 2.45) is 0 Å². The average molecular weight is 257 g/mol. The molecule has 1 aliphatic rings. The second kappa shape index (κ2) is 4.49. The number of nitrogen functional groups attached to an aromatic ring is 1. The Morgan fingerprint density at radius 3 is 2.94 bits per heavy atom. The van der Waals surface area contributed by atoms with Gasteiger partial charge in [0.15, 0.2) is 0 Å². The first kappa shape index (κ1) is 7.87. The third-order valence-corrected chi connectivity index (χ3v) is 3.43. The highest BCUT2D eigenvalue weighted by atomic mass is 32.1. The summed E-state index contributed by atoms with van der Waals surface area (Å²) in [5, 5.41) is 0.0454. The zero-order valence-corrected chi connectivity index (χ0v) is 10.3. The molecule has 0 saturated heterocycles. The molecule has 1 aliphatic carbocycles. The molecule has 17 heavy (non-hydrogen) atoms. The summed E-state index contributed by atoms with van der Waals surface area (Å²) >= 11 is 0.798. The van der Waals surface area contributed by atoms with Gasteiger partial charge in [-0.25, -0.2) is 4.79 Å². The van der Waals surface area contributed by atoms with Gasteiger partial charge in [0.05, 0.1) is 12.2 Å². The second-order valence-electron chi connectivity index (χ2n) is 3.62. The van der Waals surface area contributed by atoms with Gasteiger partial charge in [0.2, 0.25) is 0 Å². The van der Waals surface area contributed by atoms with E-state index in [2.05, 4.69) is 0 Å². The first-order valence-corrected chi connectivity index (χ1v) is 5.99. The number of Topliss-reactive ketones (excluding diaryl/α,β-unsaturated/α-hetero) is 1. The SMILES string of the molecule is [2H]C1([2H])c2sc(N)c(C(=O)OCC)c2C(C(C)=O)C1([2H])[2H]. The van der Waals surface area contributed by atoms with Crippen molar-refractivity contribution in [3.05, 3.63) is 16.0 Å². The maximum absolute atomic E-state index is 12.0. The number of hydrogen-bond acceptors (Lipinski definition) is 5. The number of thiophene rings is 1. The van der Waals surface area contributed by atoms with Crippen LogP contribution in [0.4, 0.5) is 5.00 Å². The number of carbonyl (C=O) groups is 2. The Balaban J connectivity index is 2.74. The lowest BCUT2D eigenvalue weighted by molar-refractivity contribution is -0.118. The minimum absolute atomic E-state index is 0.00625. The second-order valence-corrected chi connectivity index (χ2v) is 4.67. The number of aryl methyl sites for hydroxylation is 1. The first-order valence-electron chi connectivity index (χ1n) is 7.17. The van der Waals surface area contributed by atoms with Crippen LogP contribution in [0.2, 0.25) is 0 Å². The van der Waals surface area contributed by atoms with Gasteiger partial charge in [-0.05, 0) is 32.2 Å². The van der Waals surface area contributed by atoms with Crippen molar-refractivity contribution in [1.82, 2.24) is 0 Å². The Kier molecular flexibility index (Phi) is 2.08. The number of nitrogens with two attached hydrogens (primary N) is 1. The molecule has 1 aromatic rings. The van der Waals surface area contributed by atoms with Crippen LogP contribution in [0.25, 0.3) is 0 Å². The normalized spacial score (nSPS) is 27.3. The lowest BCUT2D eigenvalue weighted by Gasteiger charge is -2.09. The van der Waals surface area contributed by atoms with Crippen molar-refractivity contribution in [2.45, 2.75) is 32.5 Å². The predicted molar refractivity (Wildman–Crippen MR) is 66.4 cm³/mol. The lowest BCUT2D eigenvalue weighted by Crippen LogP contribution is -2.13. The summed E-state index contributed by atoms with van der Waals surface area (Å²) in [6.07, 6.45) is -4.82. The van der Waals surface area contributed by atoms with Crippen LogP contribution in [0.15, 0.2) is 0 Å². The van der Waals surface area contributed by atoms with E-state index in [1.165, 1.54) is 6.92 Å². The van der Waals surface area contributed by atoms with Crippen LogP contribution < -0.4 is 5.73 Å². The van der Waals surface area contributed by atoms with E-state index in [9.17, 15) is 9.59 Å². The molecule has 4 nitrogen and oxygen atoms in total. The van der Waals surface area contributed by atoms with Gasteiger partial charge in [0.1, 0.15) is 10.8 Å². The fourth-order valence-electron chi connectivity index (χ4n) is 1.76. The quantitative estimate of drug-likeness (QED) is 0.842. The molecule has 2 rings (SSSR count). The van der Waals surface area contributed by atoms with Crippen molar-refractivity contribution in [2.75, 3.05) is 12.3 Å². The van der Waals surface area contributed by atoms with Crippen molar-refractivity contribution >= 4 is 28.1 Å². The molecular weight excluding hydrogens is 238 g/mol. The minimum Gasteiger partial charge on any atom is -0.462 e. The van der Waals surface area contributed by atoms with E-state index in [1.807, 2.05) is 0 Å². The van der Waals surface area contributed by atoms with E-state index in [0.717, 1.165) is 11.3 Å². The topological polar surface area (TPSA) is 69.4 Å². The molecule has 1 unspecified atom stereocenters. The van der Waals surface area contributed by atoms with Crippen LogP contribution in [-0.4, -0.2) is 18.4 Å². The highest BCUT2D eigenvalue weighted by Gasteiger charge is 2.35. The number of ether oxygens (including phenoxy) is 1. The molecule has 0 saturated carbocycles. The van der Waals surface area contributed by atoms with Gasteiger partial charge < -0.3 is 10.5 Å². The molecular formula is C12H15NO3S. The van der Waals surface area contributed by atoms with E-state index in [0.29, 0.717) is 0 Å². The zero-order chi connectivity index (χ0) is 16.2. The Bertz CT molecular complexity index is 626. The summed E-state index contributed by atoms with van der Waals surface area (Å²) in [4.78, 5) is 23.9. The van der Waals surface area contributed by atoms with Gasteiger partial charge in [-0.3, -0.25) is 4.79 Å². The minimum atomic E-state index is -2.44. The van der Waals surface area contributed by atoms with Gasteiger partial charge in [-0.15, -0.1) is 11.3 Å². The largest absolute Gasteiger partial charge is 0.462 e. The average Bonchev–Trinajstić information content (AvgIpc) is 2.72. The number of carbonyl (C=O) groups excluding carboxylic acids is 2. The highest BCUT2D eigenvalue weighted by molar-refractivity contribution is 7.16. The van der Waals surface area contributed by atoms with E-state index < -0.39 is 30.4 Å². The molecule has 0 radical (unpaired) electrons. The monoisotopic (exact) mass is 257 g/mol. The van der Waals surface area contributed by atoms with Crippen molar-refractivity contribution in [1.29, 1.82) is 0 Å². The summed E-state index contributed by atoms with van der Waals surface area (Å²) in [7, 11) is 0. The summed E-state index contributed by atoms with van der Waals surface area (Å²) in [5.41, 5.74) is 5.73. The third-order valence-electron chi connectivity index (χ3n) is 2.48. The molecule has 1 atom stereocenters. The Morgan fingerprint density at radius 2 is 2.35 bits per heavy atom. The van der Waals surface area contributed by atoms with Crippen LogP contribution >= 0.6 is 11.3 Å². The smallest absolute Gasteiger partial charge is 0.341 e. The molecule has 0 aliphatic heterocycles. The molecule has 0 amide bonds. The maximum Gasteiger partial charge on any atom is 0.341 e. The standard InChI is InChI=1S/C12H15NO3S/c1-3-16-12(15)10-9-7(6(2)14)4-5-8(9)17-11(10)13/h7H,3-5,13H2,1-2H3/i4D2,5D2. The first-order chi connectivity index (χ1) is 9.57. The van der Waals surface area contributed by atoms with Gasteiger partial charge in [0.25, 0.3) is 0 Å². The van der Waals surface area contributed by atoms with Gasteiger partial charge in [-0.1, -0.05) is 0 Å². The van der Waals surface area contributed by atoms with E-state index in [-0.39, 0.29) is 27.6 Å². The molecule has 2 N–H and O–H groups in total. The number of rotatable bonds is 3. The van der Waals surface area contributed by atoms with Crippen LogP contribution in [0.5, 0.6) is 0 Å². The maximum atomic E-state index is 12.0. The number of ketones is 1. The number of esters is 1. The lowest BCUT2D eigenvalue weighted by atomic mass is 9.96. The van der Waals surface area contributed by atoms with Gasteiger partial charge in [-0.2, -0.15) is 0 Å². The molecule has 0 bridgehead atoms. The number of fused-ring (bicyclic) bond motifs is 1. The molecule has 0 spiro atoms. The summed E-state index contributed by atoms with van der Waals surface area (Å²) in [6, 6.07) is 0. The molecule has 1 aromatic heterocycles. The molecule has 1 heterocycles. The Labute approximate surface area is 109 Å². The Hall–Kier alpha value is -1.36. The predicted octanol–water partition coefficient (Wildman–Crippen LogP) is 2.13. The zero-order valence-electron chi connectivity index (χ0n) is 13.5.